The van der Waals surface area contributed by atoms with Gasteiger partial charge >= 0.3 is 48.6 Å². The van der Waals surface area contributed by atoms with Crippen molar-refractivity contribution in [2.24, 2.45) is 23.7 Å². The lowest BCUT2D eigenvalue weighted by molar-refractivity contribution is -0.187. The maximum absolute atomic E-state index is 13.2. The monoisotopic (exact) mass is 908 g/mol. The van der Waals surface area contributed by atoms with E-state index in [9.17, 15) is 71.9 Å². The highest BCUT2D eigenvalue weighted by Gasteiger charge is 2.47. The number of thiophene rings is 2. The molecule has 8 unspecified atom stereocenters. The van der Waals surface area contributed by atoms with Crippen LogP contribution in [0.25, 0.3) is 29.6 Å². The number of esters is 4. The van der Waals surface area contributed by atoms with Crippen LogP contribution in [-0.2, 0) is 38.1 Å². The zero-order valence-electron chi connectivity index (χ0n) is 31.4. The molecule has 0 spiro atoms. The average molecular weight is 909 g/mol. The summed E-state index contributed by atoms with van der Waals surface area (Å²) in [4.78, 5) is 50.0. The largest absolute Gasteiger partial charge is 0.457 e. The molecule has 0 saturated heterocycles. The van der Waals surface area contributed by atoms with Gasteiger partial charge in [-0.05, 0) is 24.3 Å². The molecule has 22 heteroatoms. The minimum absolute atomic E-state index is 0.0424. The lowest BCUT2D eigenvalue weighted by Crippen LogP contribution is -2.35. The fourth-order valence-electron chi connectivity index (χ4n) is 7.71. The number of benzene rings is 2. The van der Waals surface area contributed by atoms with Gasteiger partial charge < -0.3 is 18.9 Å². The number of carbonyl (C=O) groups excluding carboxylic acids is 4. The zero-order chi connectivity index (χ0) is 44.6. The van der Waals surface area contributed by atoms with E-state index in [1.165, 1.54) is 52.0 Å². The van der Waals surface area contributed by atoms with Crippen LogP contribution in [0.3, 0.4) is 0 Å². The van der Waals surface area contributed by atoms with Crippen LogP contribution in [0.2, 0.25) is 0 Å². The summed E-state index contributed by atoms with van der Waals surface area (Å²) in [5.41, 5.74) is 0.209. The number of halogens is 12. The zero-order valence-corrected chi connectivity index (χ0v) is 33.0. The van der Waals surface area contributed by atoms with Gasteiger partial charge in [0.25, 0.3) is 0 Å². The summed E-state index contributed by atoms with van der Waals surface area (Å²) in [6.07, 6.45) is -33.1. The van der Waals surface area contributed by atoms with Gasteiger partial charge in [-0.25, -0.2) is 0 Å². The molecule has 0 fully saturated rings. The summed E-state index contributed by atoms with van der Waals surface area (Å²) in [6, 6.07) is 5.80. The summed E-state index contributed by atoms with van der Waals surface area (Å²) in [5.74, 6) is -10.1. The Morgan fingerprint density at radius 1 is 0.433 bits per heavy atom. The van der Waals surface area contributed by atoms with E-state index in [1.54, 1.807) is 0 Å². The third-order valence-corrected chi connectivity index (χ3v) is 13.2. The van der Waals surface area contributed by atoms with E-state index in [-0.39, 0.29) is 22.3 Å². The maximum atomic E-state index is 13.2. The molecule has 2 heterocycles. The van der Waals surface area contributed by atoms with Crippen LogP contribution in [0.4, 0.5) is 52.7 Å². The van der Waals surface area contributed by atoms with E-state index in [0.29, 0.717) is 29.6 Å². The van der Waals surface area contributed by atoms with Gasteiger partial charge in [-0.3, -0.25) is 19.2 Å². The number of hydrogen-bond acceptors (Lipinski definition) is 10. The normalized spacial score (nSPS) is 24.9. The van der Waals surface area contributed by atoms with Crippen LogP contribution in [0.5, 0.6) is 0 Å². The molecule has 8 atom stereocenters. The summed E-state index contributed by atoms with van der Waals surface area (Å²) in [7, 11) is 0. The SMILES string of the molecule is CC1C(OC(=O)CC(F)(F)F)c2cc3sc4c5cc6c(cc5sc4c3cc2C(OC(=O)CC(F)(F)F)C1C)C(OC(=O)CC(F)(F)F)C(C)C(C)C6OC(=O)CC(F)(F)F. The Morgan fingerprint density at radius 2 is 0.650 bits per heavy atom. The highest BCUT2D eigenvalue weighted by molar-refractivity contribution is 7.36. The Balaban J connectivity index is 1.52. The number of alkyl halides is 12. The quantitative estimate of drug-likeness (QED) is 0.0978. The molecule has 0 N–H and O–H groups in total. The molecule has 0 radical (unpaired) electrons. The minimum atomic E-state index is -4.94. The van der Waals surface area contributed by atoms with Crippen molar-refractivity contribution in [2.75, 3.05) is 0 Å². The standard InChI is InChI=1S/C38H32F12O8S2/c1-13-15(3)31(57-27(53)11-37(45,46)47)19-7-23-21(5-17(19)29(13)55-25(51)9-35(39,40)41)33-34(59-23)22-6-18-20(8-24(22)60-33)32(58-28(54)12-38(48,49)50)16(4)14(2)30(18)56-26(52)10-36(42,43)44/h5-8,13-16,29-32H,9-12H2,1-4H3. The number of hydrogen-bond donors (Lipinski definition) is 0. The van der Waals surface area contributed by atoms with E-state index >= 15 is 0 Å². The summed E-state index contributed by atoms with van der Waals surface area (Å²) < 4.78 is 181. The van der Waals surface area contributed by atoms with Crippen molar-refractivity contribution in [3.63, 3.8) is 0 Å². The molecule has 0 saturated carbocycles. The van der Waals surface area contributed by atoms with Crippen molar-refractivity contribution in [3.8, 4) is 0 Å². The number of carbonyl (C=O) groups is 4. The molecular weight excluding hydrogens is 877 g/mol. The first-order valence-corrected chi connectivity index (χ1v) is 19.6. The second kappa shape index (κ2) is 15.8. The number of fused-ring (bicyclic) bond motifs is 7. The molecule has 0 bridgehead atoms. The predicted molar refractivity (Wildman–Crippen MR) is 189 cm³/mol. The van der Waals surface area contributed by atoms with Crippen LogP contribution >= 0.6 is 22.7 Å². The Bertz CT molecular complexity index is 2180. The molecule has 0 aliphatic heterocycles. The molecule has 2 aromatic carbocycles. The molecule has 0 amide bonds. The second-order valence-electron chi connectivity index (χ2n) is 15.1. The van der Waals surface area contributed by atoms with Gasteiger partial charge in [0.2, 0.25) is 0 Å². The molecule has 328 valence electrons. The van der Waals surface area contributed by atoms with Crippen molar-refractivity contribution < 1.29 is 90.8 Å². The van der Waals surface area contributed by atoms with Gasteiger partial charge in [0.05, 0.1) is 9.40 Å². The molecule has 2 aliphatic carbocycles. The minimum Gasteiger partial charge on any atom is -0.457 e. The topological polar surface area (TPSA) is 105 Å². The van der Waals surface area contributed by atoms with E-state index in [0.717, 1.165) is 22.7 Å². The Morgan fingerprint density at radius 3 is 0.867 bits per heavy atom. The third-order valence-electron chi connectivity index (χ3n) is 10.7. The summed E-state index contributed by atoms with van der Waals surface area (Å²) in [5, 5.41) is 0.796. The van der Waals surface area contributed by atoms with E-state index in [2.05, 4.69) is 0 Å². The van der Waals surface area contributed by atoms with Gasteiger partial charge in [0, 0.05) is 66.1 Å². The molecule has 8 nitrogen and oxygen atoms in total. The van der Waals surface area contributed by atoms with Crippen molar-refractivity contribution in [1.82, 2.24) is 0 Å². The van der Waals surface area contributed by atoms with Crippen LogP contribution in [0.15, 0.2) is 24.3 Å². The number of rotatable bonds is 8. The van der Waals surface area contributed by atoms with Crippen molar-refractivity contribution in [2.45, 2.75) is 102 Å². The van der Waals surface area contributed by atoms with Gasteiger partial charge in [0.1, 0.15) is 50.1 Å². The first-order chi connectivity index (χ1) is 27.5. The van der Waals surface area contributed by atoms with Crippen molar-refractivity contribution in [3.05, 3.63) is 46.5 Å². The highest BCUT2D eigenvalue weighted by atomic mass is 32.1. The fourth-order valence-corrected chi connectivity index (χ4v) is 10.4. The molecule has 2 aliphatic rings. The van der Waals surface area contributed by atoms with Crippen LogP contribution in [-0.4, -0.2) is 48.6 Å². The average Bonchev–Trinajstić information content (AvgIpc) is 3.59. The summed E-state index contributed by atoms with van der Waals surface area (Å²) >= 11 is 2.17. The first-order valence-electron chi connectivity index (χ1n) is 18.0. The smallest absolute Gasteiger partial charge is 0.399 e. The van der Waals surface area contributed by atoms with Crippen molar-refractivity contribution in [1.29, 1.82) is 0 Å². The maximum Gasteiger partial charge on any atom is 0.399 e. The highest BCUT2D eigenvalue weighted by Crippen LogP contribution is 2.55. The van der Waals surface area contributed by atoms with Gasteiger partial charge in [0.15, 0.2) is 0 Å². The van der Waals surface area contributed by atoms with Gasteiger partial charge in [-0.1, -0.05) is 27.7 Å². The Kier molecular flexibility index (Phi) is 11.9. The fraction of sp³-hybridized carbons (Fsp3) is 0.526. The van der Waals surface area contributed by atoms with Gasteiger partial charge in [-0.2, -0.15) is 52.7 Å². The number of ether oxygens (including phenoxy) is 4. The van der Waals surface area contributed by atoms with Gasteiger partial charge in [-0.15, -0.1) is 22.7 Å². The third kappa shape index (κ3) is 9.73. The first kappa shape index (κ1) is 45.2. The van der Waals surface area contributed by atoms with E-state index < -0.39 is 122 Å². The predicted octanol–water partition coefficient (Wildman–Crippen LogP) is 12.0. The second-order valence-corrected chi connectivity index (χ2v) is 17.2. The van der Waals surface area contributed by atoms with Crippen LogP contribution in [0, 0.1) is 23.7 Å². The van der Waals surface area contributed by atoms with E-state index in [4.69, 9.17) is 18.9 Å². The van der Waals surface area contributed by atoms with E-state index in [1.807, 2.05) is 0 Å². The Hall–Kier alpha value is -4.34. The lowest BCUT2D eigenvalue weighted by Gasteiger charge is -2.40. The van der Waals surface area contributed by atoms with Crippen molar-refractivity contribution >= 4 is 76.1 Å². The molecule has 2 aromatic heterocycles. The Labute approximate surface area is 339 Å². The summed E-state index contributed by atoms with van der Waals surface area (Å²) in [6.45, 7) is 5.84. The van der Waals surface area contributed by atoms with Crippen LogP contribution in [0.1, 0.15) is 100 Å². The molecule has 4 aromatic rings. The molecule has 6 rings (SSSR count). The molecule has 60 heavy (non-hydrogen) atoms. The lowest BCUT2D eigenvalue weighted by atomic mass is 9.73. The molecular formula is C38H32F12O8S2. The van der Waals surface area contributed by atoms with Crippen LogP contribution < -0.4 is 0 Å².